The molecule has 1 unspecified atom stereocenters. The van der Waals surface area contributed by atoms with Gasteiger partial charge in [-0.15, -0.1) is 0 Å². The van der Waals surface area contributed by atoms with Gasteiger partial charge in [0.1, 0.15) is 18.7 Å². The van der Waals surface area contributed by atoms with Crippen LogP contribution in [0.15, 0.2) is 103 Å². The molecular weight excluding hydrogens is 477 g/mol. The first-order valence-electron chi connectivity index (χ1n) is 12.7. The van der Waals surface area contributed by atoms with Crippen LogP contribution in [0.5, 0.6) is 0 Å². The van der Waals surface area contributed by atoms with Crippen LogP contribution in [0.1, 0.15) is 22.6 Å². The van der Waals surface area contributed by atoms with Crippen molar-refractivity contribution < 1.29 is 18.7 Å². The van der Waals surface area contributed by atoms with E-state index in [1.807, 2.05) is 54.6 Å². The van der Waals surface area contributed by atoms with Crippen LogP contribution in [-0.4, -0.2) is 37.0 Å². The lowest BCUT2D eigenvalue weighted by molar-refractivity contribution is -0.109. The van der Waals surface area contributed by atoms with Crippen LogP contribution in [-0.2, 0) is 9.53 Å². The van der Waals surface area contributed by atoms with Crippen molar-refractivity contribution in [2.24, 2.45) is 5.92 Å². The fraction of sp³-hybridized carbons (Fsp3) is 0.152. The van der Waals surface area contributed by atoms with Crippen molar-refractivity contribution in [2.75, 3.05) is 19.7 Å². The number of nitrogens with zero attached hydrogens (tertiary/aromatic N) is 1. The number of carbonyl (C=O) groups excluding carboxylic acids is 2. The van der Waals surface area contributed by atoms with Gasteiger partial charge >= 0.3 is 6.09 Å². The molecule has 0 aromatic heterocycles. The summed E-state index contributed by atoms with van der Waals surface area (Å²) in [6.07, 6.45) is 2.45. The Morgan fingerprint density at radius 2 is 1.42 bits per heavy atom. The minimum atomic E-state index is -0.409. The Kier molecular flexibility index (Phi) is 6.34. The van der Waals surface area contributed by atoms with Crippen molar-refractivity contribution >= 4 is 18.5 Å². The second-order valence-corrected chi connectivity index (χ2v) is 9.78. The highest BCUT2D eigenvalue weighted by Crippen LogP contribution is 2.44. The molecule has 4 aromatic rings. The molecule has 2 aliphatic rings. The number of aldehydes is 1. The number of hydrogen-bond donors (Lipinski definition) is 0. The Hall–Kier alpha value is -4.51. The second-order valence-electron chi connectivity index (χ2n) is 9.78. The number of benzene rings is 4. The Labute approximate surface area is 221 Å². The Balaban J connectivity index is 1.14. The molecule has 1 atom stereocenters. The molecule has 38 heavy (non-hydrogen) atoms. The monoisotopic (exact) mass is 503 g/mol. The van der Waals surface area contributed by atoms with E-state index in [4.69, 9.17) is 4.74 Å². The third kappa shape index (κ3) is 4.52. The van der Waals surface area contributed by atoms with Gasteiger partial charge in [0.2, 0.25) is 0 Å². The van der Waals surface area contributed by atoms with Crippen molar-refractivity contribution in [1.82, 2.24) is 4.90 Å². The number of ether oxygens (including phenoxy) is 1. The largest absolute Gasteiger partial charge is 0.448 e. The average Bonchev–Trinajstić information content (AvgIpc) is 3.51. The normalized spacial score (nSPS) is 17.3. The van der Waals surface area contributed by atoms with Crippen LogP contribution in [0.3, 0.4) is 0 Å². The third-order valence-corrected chi connectivity index (χ3v) is 7.47. The van der Waals surface area contributed by atoms with Crippen molar-refractivity contribution in [3.05, 3.63) is 125 Å². The molecule has 1 aliphatic heterocycles. The van der Waals surface area contributed by atoms with Gasteiger partial charge < -0.3 is 14.4 Å². The third-order valence-electron chi connectivity index (χ3n) is 7.47. The zero-order valence-electron chi connectivity index (χ0n) is 20.7. The quantitative estimate of drug-likeness (QED) is 0.277. The molecule has 0 bridgehead atoms. The van der Waals surface area contributed by atoms with E-state index in [0.717, 1.165) is 28.5 Å². The lowest BCUT2D eigenvalue weighted by Crippen LogP contribution is -2.30. The van der Waals surface area contributed by atoms with Crippen LogP contribution in [0.4, 0.5) is 9.18 Å². The predicted octanol–water partition coefficient (Wildman–Crippen LogP) is 6.96. The van der Waals surface area contributed by atoms with E-state index >= 15 is 0 Å². The molecule has 1 amide bonds. The number of fused-ring (bicyclic) bond motifs is 3. The van der Waals surface area contributed by atoms with Gasteiger partial charge in [0.25, 0.3) is 0 Å². The Morgan fingerprint density at radius 1 is 0.842 bits per heavy atom. The zero-order valence-corrected chi connectivity index (χ0v) is 20.7. The first kappa shape index (κ1) is 23.9. The maximum absolute atomic E-state index is 13.2. The van der Waals surface area contributed by atoms with E-state index < -0.39 is 6.09 Å². The zero-order chi connectivity index (χ0) is 26.1. The summed E-state index contributed by atoms with van der Waals surface area (Å²) in [6, 6.07) is 30.7. The van der Waals surface area contributed by atoms with E-state index in [2.05, 4.69) is 24.3 Å². The molecule has 4 nitrogen and oxygen atoms in total. The standard InChI is InChI=1S/C33H26FNO3/c34-27-15-13-24(14-16-27)23-11-9-22(10-12-23)17-25-18-35(19-26(25)20-36)33(37)38-21-32-30-7-3-1-5-28(30)29-6-2-4-8-31(29)32/h1-17,20,26,32H,18-19,21H2. The molecule has 0 radical (unpaired) electrons. The number of halogens is 1. The molecule has 1 saturated heterocycles. The molecule has 5 heteroatoms. The summed E-state index contributed by atoms with van der Waals surface area (Å²) < 4.78 is 19.0. The summed E-state index contributed by atoms with van der Waals surface area (Å²) in [6.45, 7) is 0.901. The molecule has 1 aliphatic carbocycles. The highest BCUT2D eigenvalue weighted by molar-refractivity contribution is 5.79. The molecule has 1 fully saturated rings. The maximum atomic E-state index is 13.2. The number of hydrogen-bond acceptors (Lipinski definition) is 3. The predicted molar refractivity (Wildman–Crippen MR) is 146 cm³/mol. The van der Waals surface area contributed by atoms with Gasteiger partial charge in [-0.3, -0.25) is 0 Å². The minimum absolute atomic E-state index is 0.00884. The highest BCUT2D eigenvalue weighted by Gasteiger charge is 2.33. The van der Waals surface area contributed by atoms with Gasteiger partial charge in [-0.1, -0.05) is 91.0 Å². The molecule has 1 heterocycles. The van der Waals surface area contributed by atoms with Crippen LogP contribution in [0.2, 0.25) is 0 Å². The summed E-state index contributed by atoms with van der Waals surface area (Å²) in [5.74, 6) is -0.644. The van der Waals surface area contributed by atoms with Crippen LogP contribution >= 0.6 is 0 Å². The number of carbonyl (C=O) groups is 2. The van der Waals surface area contributed by atoms with E-state index in [9.17, 15) is 14.0 Å². The topological polar surface area (TPSA) is 46.6 Å². The van der Waals surface area contributed by atoms with Gasteiger partial charge in [-0.05, 0) is 56.6 Å². The lowest BCUT2D eigenvalue weighted by atomic mass is 9.98. The summed E-state index contributed by atoms with van der Waals surface area (Å²) in [4.78, 5) is 26.5. The summed E-state index contributed by atoms with van der Waals surface area (Å²) in [5.41, 5.74) is 8.42. The van der Waals surface area contributed by atoms with Gasteiger partial charge in [0.05, 0.1) is 5.92 Å². The number of amides is 1. The Morgan fingerprint density at radius 3 is 2.03 bits per heavy atom. The van der Waals surface area contributed by atoms with E-state index in [1.165, 1.54) is 34.4 Å². The molecule has 6 rings (SSSR count). The van der Waals surface area contributed by atoms with Crippen LogP contribution in [0, 0.1) is 11.7 Å². The fourth-order valence-electron chi connectivity index (χ4n) is 5.49. The second kappa shape index (κ2) is 10.1. The van der Waals surface area contributed by atoms with Gasteiger partial charge in [-0.25, -0.2) is 9.18 Å². The molecule has 4 aromatic carbocycles. The van der Waals surface area contributed by atoms with Gasteiger partial charge in [-0.2, -0.15) is 0 Å². The van der Waals surface area contributed by atoms with Crippen molar-refractivity contribution in [3.63, 3.8) is 0 Å². The van der Waals surface area contributed by atoms with Gasteiger partial charge in [0, 0.05) is 19.0 Å². The number of likely N-dealkylation sites (tertiary alicyclic amines) is 1. The summed E-state index contributed by atoms with van der Waals surface area (Å²) in [5, 5.41) is 0. The minimum Gasteiger partial charge on any atom is -0.448 e. The maximum Gasteiger partial charge on any atom is 0.410 e. The highest BCUT2D eigenvalue weighted by atomic mass is 19.1. The van der Waals surface area contributed by atoms with Crippen LogP contribution < -0.4 is 0 Å². The van der Waals surface area contributed by atoms with E-state index in [1.54, 1.807) is 17.0 Å². The lowest BCUT2D eigenvalue weighted by Gasteiger charge is -2.19. The smallest absolute Gasteiger partial charge is 0.410 e. The SMILES string of the molecule is O=CC1CN(C(=O)OCC2c3ccccc3-c3ccccc32)CC1=Cc1ccc(-c2ccc(F)cc2)cc1. The number of rotatable bonds is 5. The molecule has 188 valence electrons. The van der Waals surface area contributed by atoms with Crippen molar-refractivity contribution in [3.8, 4) is 22.3 Å². The van der Waals surface area contributed by atoms with Crippen molar-refractivity contribution in [2.45, 2.75) is 5.92 Å². The Bertz CT molecular complexity index is 1480. The van der Waals surface area contributed by atoms with E-state index in [0.29, 0.717) is 13.1 Å². The fourth-order valence-corrected chi connectivity index (χ4v) is 5.49. The molecule has 0 spiro atoms. The summed E-state index contributed by atoms with van der Waals surface area (Å²) in [7, 11) is 0. The average molecular weight is 504 g/mol. The van der Waals surface area contributed by atoms with Crippen LogP contribution in [0.25, 0.3) is 28.3 Å². The molecule has 0 saturated carbocycles. The summed E-state index contributed by atoms with van der Waals surface area (Å²) >= 11 is 0. The van der Waals surface area contributed by atoms with E-state index in [-0.39, 0.29) is 24.3 Å². The van der Waals surface area contributed by atoms with Crippen molar-refractivity contribution in [1.29, 1.82) is 0 Å². The first-order chi connectivity index (χ1) is 18.6. The molecule has 0 N–H and O–H groups in total. The van der Waals surface area contributed by atoms with Gasteiger partial charge in [0.15, 0.2) is 0 Å². The molecular formula is C33H26FNO3. The first-order valence-corrected chi connectivity index (χ1v) is 12.7.